The van der Waals surface area contributed by atoms with Crippen LogP contribution in [0.25, 0.3) is 0 Å². The van der Waals surface area contributed by atoms with Crippen molar-refractivity contribution in [3.05, 3.63) is 28.8 Å². The smallest absolute Gasteiger partial charge is 0.228 e. The molecule has 0 spiro atoms. The summed E-state index contributed by atoms with van der Waals surface area (Å²) >= 11 is 5.92. The average molecular weight is 289 g/mol. The lowest BCUT2D eigenvalue weighted by Gasteiger charge is -2.22. The fourth-order valence-electron chi connectivity index (χ4n) is 2.04. The molecule has 3 nitrogen and oxygen atoms in total. The molecule has 2 N–H and O–H groups in total. The second-order valence-corrected chi connectivity index (χ2v) is 4.93. The van der Waals surface area contributed by atoms with E-state index in [1.165, 1.54) is 0 Å². The summed E-state index contributed by atoms with van der Waals surface area (Å²) in [7, 11) is 0. The van der Waals surface area contributed by atoms with Crippen LogP contribution >= 0.6 is 24.0 Å². The lowest BCUT2D eigenvalue weighted by Crippen LogP contribution is -2.37. The van der Waals surface area contributed by atoms with Crippen molar-refractivity contribution in [1.29, 1.82) is 0 Å². The van der Waals surface area contributed by atoms with Crippen LogP contribution in [0.4, 0.5) is 5.69 Å². The molecule has 2 rings (SSSR count). The molecule has 0 bridgehead atoms. The van der Waals surface area contributed by atoms with E-state index in [1.807, 2.05) is 19.1 Å². The maximum atomic E-state index is 12.0. The molecule has 1 aromatic rings. The van der Waals surface area contributed by atoms with E-state index in [1.54, 1.807) is 6.07 Å². The predicted octanol–water partition coefficient (Wildman–Crippen LogP) is 3.01. The van der Waals surface area contributed by atoms with Gasteiger partial charge in [-0.25, -0.2) is 0 Å². The molecule has 0 saturated carbocycles. The molecule has 0 aliphatic carbocycles. The van der Waals surface area contributed by atoms with Gasteiger partial charge in [-0.2, -0.15) is 0 Å². The number of hydrogen-bond donors (Lipinski definition) is 2. The Kier molecular flexibility index (Phi) is 5.93. The molecule has 1 aliphatic heterocycles. The fraction of sp³-hybridized carbons (Fsp3) is 0.462. The van der Waals surface area contributed by atoms with E-state index in [0.717, 1.165) is 37.2 Å². The Labute approximate surface area is 119 Å². The van der Waals surface area contributed by atoms with Crippen molar-refractivity contribution < 1.29 is 4.79 Å². The third-order valence-electron chi connectivity index (χ3n) is 3.13. The number of carbonyl (C=O) groups is 1. The van der Waals surface area contributed by atoms with Crippen LogP contribution in [-0.4, -0.2) is 19.0 Å². The van der Waals surface area contributed by atoms with Gasteiger partial charge in [-0.15, -0.1) is 12.4 Å². The summed E-state index contributed by atoms with van der Waals surface area (Å²) < 4.78 is 0. The van der Waals surface area contributed by atoms with Crippen LogP contribution in [0.3, 0.4) is 0 Å². The van der Waals surface area contributed by atoms with Crippen LogP contribution in [0, 0.1) is 12.8 Å². The standard InChI is InChI=1S/C13H17ClN2O.ClH/c1-9-4-5-11(14)7-12(9)16-13(17)10-3-2-6-15-8-10;/h4-5,7,10,15H,2-3,6,8H2,1H3,(H,16,17);1H/t10-;/m1./s1. The predicted molar refractivity (Wildman–Crippen MR) is 77.7 cm³/mol. The zero-order valence-corrected chi connectivity index (χ0v) is 11.9. The normalized spacial score (nSPS) is 18.9. The number of halogens is 2. The lowest BCUT2D eigenvalue weighted by atomic mass is 9.98. The van der Waals surface area contributed by atoms with E-state index in [-0.39, 0.29) is 24.2 Å². The Balaban J connectivity index is 0.00000162. The first-order chi connectivity index (χ1) is 8.16. The van der Waals surface area contributed by atoms with Gasteiger partial charge in [0.25, 0.3) is 0 Å². The number of amides is 1. The first-order valence-corrected chi connectivity index (χ1v) is 6.32. The molecule has 1 aromatic carbocycles. The Hall–Kier alpha value is -0.770. The van der Waals surface area contributed by atoms with E-state index >= 15 is 0 Å². The number of rotatable bonds is 2. The highest BCUT2D eigenvalue weighted by molar-refractivity contribution is 6.31. The zero-order chi connectivity index (χ0) is 12.3. The van der Waals surface area contributed by atoms with Crippen molar-refractivity contribution in [1.82, 2.24) is 5.32 Å². The third kappa shape index (κ3) is 3.87. The number of aryl methyl sites for hydroxylation is 1. The molecule has 0 unspecified atom stereocenters. The van der Waals surface area contributed by atoms with Gasteiger partial charge in [0.05, 0.1) is 5.92 Å². The molecular weight excluding hydrogens is 271 g/mol. The molecule has 100 valence electrons. The van der Waals surface area contributed by atoms with Crippen LogP contribution < -0.4 is 10.6 Å². The van der Waals surface area contributed by atoms with Crippen molar-refractivity contribution in [2.24, 2.45) is 5.92 Å². The summed E-state index contributed by atoms with van der Waals surface area (Å²) in [5, 5.41) is 6.84. The van der Waals surface area contributed by atoms with Gasteiger partial charge in [0.1, 0.15) is 0 Å². The SMILES string of the molecule is Cc1ccc(Cl)cc1NC(=O)[C@@H]1CCCNC1.Cl. The molecule has 0 aromatic heterocycles. The molecule has 1 heterocycles. The number of anilines is 1. The van der Waals surface area contributed by atoms with Crippen molar-refractivity contribution >= 4 is 35.6 Å². The van der Waals surface area contributed by atoms with Gasteiger partial charge in [0.15, 0.2) is 0 Å². The van der Waals surface area contributed by atoms with E-state index in [9.17, 15) is 4.79 Å². The molecule has 0 radical (unpaired) electrons. The minimum Gasteiger partial charge on any atom is -0.326 e. The van der Waals surface area contributed by atoms with Gasteiger partial charge in [0, 0.05) is 17.3 Å². The second-order valence-electron chi connectivity index (χ2n) is 4.49. The van der Waals surface area contributed by atoms with Crippen molar-refractivity contribution in [2.45, 2.75) is 19.8 Å². The quantitative estimate of drug-likeness (QED) is 0.878. The van der Waals surface area contributed by atoms with Crippen molar-refractivity contribution in [3.63, 3.8) is 0 Å². The van der Waals surface area contributed by atoms with Gasteiger partial charge < -0.3 is 10.6 Å². The number of piperidine rings is 1. The first kappa shape index (κ1) is 15.3. The van der Waals surface area contributed by atoms with Gasteiger partial charge in [-0.3, -0.25) is 4.79 Å². The van der Waals surface area contributed by atoms with Crippen LogP contribution in [0.2, 0.25) is 5.02 Å². The van der Waals surface area contributed by atoms with E-state index < -0.39 is 0 Å². The summed E-state index contributed by atoms with van der Waals surface area (Å²) in [6.45, 7) is 3.75. The maximum Gasteiger partial charge on any atom is 0.228 e. The van der Waals surface area contributed by atoms with Gasteiger partial charge in [0.2, 0.25) is 5.91 Å². The molecule has 1 saturated heterocycles. The molecule has 5 heteroatoms. The van der Waals surface area contributed by atoms with Gasteiger partial charge >= 0.3 is 0 Å². The minimum atomic E-state index is 0. The Morgan fingerprint density at radius 1 is 1.50 bits per heavy atom. The second kappa shape index (κ2) is 6.98. The van der Waals surface area contributed by atoms with Crippen LogP contribution in [-0.2, 0) is 4.79 Å². The van der Waals surface area contributed by atoms with Gasteiger partial charge in [-0.05, 0) is 44.0 Å². The fourth-order valence-corrected chi connectivity index (χ4v) is 2.21. The van der Waals surface area contributed by atoms with Crippen molar-refractivity contribution in [2.75, 3.05) is 18.4 Å². The number of hydrogen-bond acceptors (Lipinski definition) is 2. The van der Waals surface area contributed by atoms with Crippen molar-refractivity contribution in [3.8, 4) is 0 Å². The largest absolute Gasteiger partial charge is 0.326 e. The van der Waals surface area contributed by atoms with E-state index in [2.05, 4.69) is 10.6 Å². The Bertz CT molecular complexity index is 417. The highest BCUT2D eigenvalue weighted by Crippen LogP contribution is 2.21. The monoisotopic (exact) mass is 288 g/mol. The van der Waals surface area contributed by atoms with Crippen LogP contribution in [0.15, 0.2) is 18.2 Å². The molecule has 1 fully saturated rings. The third-order valence-corrected chi connectivity index (χ3v) is 3.36. The topological polar surface area (TPSA) is 41.1 Å². The molecule has 18 heavy (non-hydrogen) atoms. The van der Waals surface area contributed by atoms with Crippen LogP contribution in [0.1, 0.15) is 18.4 Å². The summed E-state index contributed by atoms with van der Waals surface area (Å²) in [6.07, 6.45) is 2.02. The molecular formula is C13H18Cl2N2O. The molecule has 1 aliphatic rings. The highest BCUT2D eigenvalue weighted by atomic mass is 35.5. The Morgan fingerprint density at radius 2 is 2.28 bits per heavy atom. The number of carbonyl (C=O) groups excluding carboxylic acids is 1. The summed E-state index contributed by atoms with van der Waals surface area (Å²) in [5.74, 6) is 0.157. The van der Waals surface area contributed by atoms with Gasteiger partial charge in [-0.1, -0.05) is 17.7 Å². The summed E-state index contributed by atoms with van der Waals surface area (Å²) in [4.78, 5) is 12.0. The average Bonchev–Trinajstić information content (AvgIpc) is 2.35. The minimum absolute atomic E-state index is 0. The Morgan fingerprint density at radius 3 is 2.94 bits per heavy atom. The number of benzene rings is 1. The summed E-state index contributed by atoms with van der Waals surface area (Å²) in [5.41, 5.74) is 1.85. The molecule has 1 amide bonds. The maximum absolute atomic E-state index is 12.0. The highest BCUT2D eigenvalue weighted by Gasteiger charge is 2.21. The zero-order valence-electron chi connectivity index (χ0n) is 10.3. The lowest BCUT2D eigenvalue weighted by molar-refractivity contribution is -0.120. The van der Waals surface area contributed by atoms with E-state index in [0.29, 0.717) is 5.02 Å². The number of nitrogens with one attached hydrogen (secondary N) is 2. The van der Waals surface area contributed by atoms with E-state index in [4.69, 9.17) is 11.6 Å². The summed E-state index contributed by atoms with van der Waals surface area (Å²) in [6, 6.07) is 5.54. The molecule has 1 atom stereocenters. The first-order valence-electron chi connectivity index (χ1n) is 5.94. The van der Waals surface area contributed by atoms with Crippen LogP contribution in [0.5, 0.6) is 0 Å².